The summed E-state index contributed by atoms with van der Waals surface area (Å²) in [6.07, 6.45) is 0.973. The van der Waals surface area contributed by atoms with E-state index in [-0.39, 0.29) is 42.1 Å². The van der Waals surface area contributed by atoms with Crippen LogP contribution < -0.4 is 16.2 Å². The number of thioether (sulfide) groups is 1. The molecule has 2 aromatic carbocycles. The molecule has 2 amide bonds. The molecule has 0 aliphatic rings. The Bertz CT molecular complexity index is 1440. The number of anilines is 1. The number of benzene rings is 2. The van der Waals surface area contributed by atoms with Gasteiger partial charge in [-0.3, -0.25) is 23.4 Å². The van der Waals surface area contributed by atoms with Crippen molar-refractivity contribution in [2.75, 3.05) is 11.1 Å². The van der Waals surface area contributed by atoms with Crippen LogP contribution in [0.1, 0.15) is 32.3 Å². The van der Waals surface area contributed by atoms with Gasteiger partial charge in [0.05, 0.1) is 16.7 Å². The maximum absolute atomic E-state index is 13.2. The van der Waals surface area contributed by atoms with Crippen molar-refractivity contribution in [3.8, 4) is 0 Å². The fourth-order valence-electron chi connectivity index (χ4n) is 3.74. The number of nitrogens with one attached hydrogen (secondary N) is 2. The average molecular weight is 493 g/mol. The molecular formula is C25H28N6O3S. The molecule has 0 saturated carbocycles. The van der Waals surface area contributed by atoms with Crippen LogP contribution in [0.5, 0.6) is 0 Å². The van der Waals surface area contributed by atoms with Crippen LogP contribution in [0.3, 0.4) is 0 Å². The lowest BCUT2D eigenvalue weighted by molar-refractivity contribution is -0.122. The largest absolute Gasteiger partial charge is 0.354 e. The highest BCUT2D eigenvalue weighted by molar-refractivity contribution is 7.99. The van der Waals surface area contributed by atoms with Gasteiger partial charge in [-0.1, -0.05) is 43.0 Å². The van der Waals surface area contributed by atoms with Crippen molar-refractivity contribution >= 4 is 45.9 Å². The van der Waals surface area contributed by atoms with E-state index in [9.17, 15) is 14.4 Å². The zero-order chi connectivity index (χ0) is 24.9. The van der Waals surface area contributed by atoms with Gasteiger partial charge >= 0.3 is 0 Å². The molecule has 2 N–H and O–H groups in total. The van der Waals surface area contributed by atoms with Gasteiger partial charge in [-0.05, 0) is 50.1 Å². The Balaban J connectivity index is 1.60. The summed E-state index contributed by atoms with van der Waals surface area (Å²) < 4.78 is 3.25. The molecule has 2 aromatic heterocycles. The van der Waals surface area contributed by atoms with Gasteiger partial charge in [-0.15, -0.1) is 10.2 Å². The quantitative estimate of drug-likeness (QED) is 0.347. The van der Waals surface area contributed by atoms with E-state index in [1.165, 1.54) is 16.3 Å². The Morgan fingerprint density at radius 1 is 1.09 bits per heavy atom. The minimum Gasteiger partial charge on any atom is -0.354 e. The van der Waals surface area contributed by atoms with E-state index in [2.05, 4.69) is 20.8 Å². The zero-order valence-electron chi connectivity index (χ0n) is 19.9. The molecule has 0 unspecified atom stereocenters. The molecular weight excluding hydrogens is 464 g/mol. The average Bonchev–Trinajstić information content (AvgIpc) is 3.26. The molecule has 0 saturated heterocycles. The second kappa shape index (κ2) is 10.7. The van der Waals surface area contributed by atoms with E-state index in [1.807, 2.05) is 57.2 Å². The lowest BCUT2D eigenvalue weighted by Gasteiger charge is -2.13. The number of aryl methyl sites for hydroxylation is 2. The predicted molar refractivity (Wildman–Crippen MR) is 138 cm³/mol. The summed E-state index contributed by atoms with van der Waals surface area (Å²) in [7, 11) is 0. The normalized spacial score (nSPS) is 12.1. The van der Waals surface area contributed by atoms with Crippen LogP contribution in [0.2, 0.25) is 0 Å². The van der Waals surface area contributed by atoms with E-state index >= 15 is 0 Å². The number of hydrogen-bond acceptors (Lipinski definition) is 6. The third-order valence-corrected chi connectivity index (χ3v) is 6.62. The van der Waals surface area contributed by atoms with Crippen molar-refractivity contribution < 1.29 is 9.59 Å². The number of hydrogen-bond donors (Lipinski definition) is 2. The van der Waals surface area contributed by atoms with Crippen LogP contribution in [0.25, 0.3) is 16.7 Å². The maximum atomic E-state index is 13.2. The highest BCUT2D eigenvalue weighted by Crippen LogP contribution is 2.22. The Morgan fingerprint density at radius 3 is 2.66 bits per heavy atom. The van der Waals surface area contributed by atoms with Crippen LogP contribution in [0, 0.1) is 6.92 Å². The Labute approximate surface area is 206 Å². The van der Waals surface area contributed by atoms with Gasteiger partial charge in [0.2, 0.25) is 17.6 Å². The number of aromatic nitrogens is 4. The summed E-state index contributed by atoms with van der Waals surface area (Å²) in [6.45, 7) is 6.08. The van der Waals surface area contributed by atoms with E-state index < -0.39 is 0 Å². The molecule has 4 aromatic rings. The van der Waals surface area contributed by atoms with Gasteiger partial charge in [-0.25, -0.2) is 0 Å². The van der Waals surface area contributed by atoms with Crippen molar-refractivity contribution in [3.05, 3.63) is 64.4 Å². The van der Waals surface area contributed by atoms with Gasteiger partial charge in [-0.2, -0.15) is 0 Å². The van der Waals surface area contributed by atoms with E-state index in [0.717, 1.165) is 17.7 Å². The molecule has 182 valence electrons. The highest BCUT2D eigenvalue weighted by atomic mass is 32.2. The second-order valence-corrected chi connectivity index (χ2v) is 9.37. The number of carbonyl (C=O) groups excluding carboxylic acids is 2. The SMILES string of the molecule is CC[C@@H](C)NC(=O)CCn1c(=O)c2ccccc2n2c(SCC(=O)Nc3cccc(C)c3)nnc12. The first-order valence-electron chi connectivity index (χ1n) is 11.5. The summed E-state index contributed by atoms with van der Waals surface area (Å²) in [5.41, 5.74) is 2.21. The lowest BCUT2D eigenvalue weighted by atomic mass is 10.2. The first kappa shape index (κ1) is 24.5. The monoisotopic (exact) mass is 492 g/mol. The van der Waals surface area contributed by atoms with E-state index in [0.29, 0.717) is 21.8 Å². The summed E-state index contributed by atoms with van der Waals surface area (Å²) in [6, 6.07) is 14.9. The zero-order valence-corrected chi connectivity index (χ0v) is 20.8. The number of nitrogens with zero attached hydrogens (tertiary/aromatic N) is 4. The standard InChI is InChI=1S/C25H28N6O3S/c1-4-17(3)26-21(32)12-13-30-23(34)19-10-5-6-11-20(19)31-24(30)28-29-25(31)35-15-22(33)27-18-9-7-8-16(2)14-18/h5-11,14,17H,4,12-13,15H2,1-3H3,(H,26,32)(H,27,33)/t17-/m1/s1. The van der Waals surface area contributed by atoms with Crippen molar-refractivity contribution in [3.63, 3.8) is 0 Å². The molecule has 0 aliphatic heterocycles. The summed E-state index contributed by atoms with van der Waals surface area (Å²) in [4.78, 5) is 38.1. The van der Waals surface area contributed by atoms with Gasteiger partial charge in [0.1, 0.15) is 0 Å². The van der Waals surface area contributed by atoms with Gasteiger partial charge in [0.25, 0.3) is 5.56 Å². The molecule has 0 spiro atoms. The number of amides is 2. The molecule has 1 atom stereocenters. The molecule has 0 radical (unpaired) electrons. The fourth-order valence-corrected chi connectivity index (χ4v) is 4.48. The third-order valence-electron chi connectivity index (χ3n) is 5.69. The van der Waals surface area contributed by atoms with Crippen LogP contribution in [-0.4, -0.2) is 42.8 Å². The molecule has 4 rings (SSSR count). The van der Waals surface area contributed by atoms with E-state index in [4.69, 9.17) is 0 Å². The van der Waals surface area contributed by atoms with Crippen molar-refractivity contribution in [1.82, 2.24) is 24.5 Å². The first-order valence-corrected chi connectivity index (χ1v) is 12.5. The second-order valence-electron chi connectivity index (χ2n) is 8.43. The Kier molecular flexibility index (Phi) is 7.50. The maximum Gasteiger partial charge on any atom is 0.262 e. The van der Waals surface area contributed by atoms with Crippen LogP contribution >= 0.6 is 11.8 Å². The van der Waals surface area contributed by atoms with Crippen molar-refractivity contribution in [2.45, 2.75) is 51.4 Å². The Hall–Kier alpha value is -3.66. The van der Waals surface area contributed by atoms with E-state index in [1.54, 1.807) is 16.5 Å². The minimum absolute atomic E-state index is 0.0675. The van der Waals surface area contributed by atoms with Crippen LogP contribution in [0.15, 0.2) is 58.5 Å². The number of carbonyl (C=O) groups is 2. The van der Waals surface area contributed by atoms with Crippen molar-refractivity contribution in [1.29, 1.82) is 0 Å². The number of fused-ring (bicyclic) bond motifs is 3. The number of rotatable bonds is 9. The first-order chi connectivity index (χ1) is 16.9. The molecule has 0 fully saturated rings. The topological polar surface area (TPSA) is 110 Å². The number of para-hydroxylation sites is 1. The molecule has 9 nitrogen and oxygen atoms in total. The lowest BCUT2D eigenvalue weighted by Crippen LogP contribution is -2.33. The molecule has 35 heavy (non-hydrogen) atoms. The van der Waals surface area contributed by atoms with Gasteiger partial charge < -0.3 is 10.6 Å². The summed E-state index contributed by atoms with van der Waals surface area (Å²) in [5.74, 6) is 0.169. The molecule has 0 aliphatic carbocycles. The Morgan fingerprint density at radius 2 is 1.89 bits per heavy atom. The van der Waals surface area contributed by atoms with Gasteiger partial charge in [0, 0.05) is 24.7 Å². The van der Waals surface area contributed by atoms with Crippen LogP contribution in [-0.2, 0) is 16.1 Å². The third kappa shape index (κ3) is 5.54. The van der Waals surface area contributed by atoms with Crippen molar-refractivity contribution in [2.24, 2.45) is 0 Å². The fraction of sp³-hybridized carbons (Fsp3) is 0.320. The smallest absolute Gasteiger partial charge is 0.262 e. The minimum atomic E-state index is -0.231. The van der Waals surface area contributed by atoms with Gasteiger partial charge in [0.15, 0.2) is 5.16 Å². The highest BCUT2D eigenvalue weighted by Gasteiger charge is 2.18. The molecule has 2 heterocycles. The molecule has 10 heteroatoms. The molecule has 0 bridgehead atoms. The summed E-state index contributed by atoms with van der Waals surface area (Å²) in [5, 5.41) is 15.3. The summed E-state index contributed by atoms with van der Waals surface area (Å²) >= 11 is 1.24. The van der Waals surface area contributed by atoms with Crippen LogP contribution in [0.4, 0.5) is 5.69 Å². The predicted octanol–water partition coefficient (Wildman–Crippen LogP) is 3.39.